The maximum Gasteiger partial charge on any atom is 0.338 e. The van der Waals surface area contributed by atoms with Crippen LogP contribution in [-0.4, -0.2) is 37.5 Å². The molecule has 2 N–H and O–H groups in total. The molecule has 0 aromatic heterocycles. The lowest BCUT2D eigenvalue weighted by atomic mass is 10.2. The highest BCUT2D eigenvalue weighted by atomic mass is 31.1. The molecule has 1 aromatic carbocycles. The smallest absolute Gasteiger partial charge is 0.338 e. The fraction of sp³-hybridized carbons (Fsp3) is 0.462. The second-order valence-electron chi connectivity index (χ2n) is 4.39. The van der Waals surface area contributed by atoms with Crippen molar-refractivity contribution in [2.45, 2.75) is 25.2 Å². The molecule has 0 saturated carbocycles. The van der Waals surface area contributed by atoms with Gasteiger partial charge >= 0.3 is 5.97 Å². The fourth-order valence-electron chi connectivity index (χ4n) is 1.90. The molecule has 2 unspecified atom stereocenters. The van der Waals surface area contributed by atoms with Crippen molar-refractivity contribution >= 4 is 14.0 Å². The van der Waals surface area contributed by atoms with Crippen LogP contribution in [0.5, 0.6) is 0 Å². The molecule has 4 atom stereocenters. The van der Waals surface area contributed by atoms with Crippen LogP contribution in [0.2, 0.25) is 0 Å². The summed E-state index contributed by atoms with van der Waals surface area (Å²) < 4.78 is 16.2. The molecule has 104 valence electrons. The van der Waals surface area contributed by atoms with Gasteiger partial charge in [-0.3, -0.25) is 0 Å². The molecule has 1 aromatic rings. The van der Waals surface area contributed by atoms with Crippen molar-refractivity contribution in [1.82, 2.24) is 0 Å². The number of carbonyl (C=O) groups is 1. The Balaban J connectivity index is 1.91. The maximum absolute atomic E-state index is 11.9. The molecule has 19 heavy (non-hydrogen) atoms. The highest BCUT2D eigenvalue weighted by Crippen LogP contribution is 2.43. The van der Waals surface area contributed by atoms with Crippen molar-refractivity contribution in [3.05, 3.63) is 35.9 Å². The van der Waals surface area contributed by atoms with Gasteiger partial charge in [0, 0.05) is 21.3 Å². The summed E-state index contributed by atoms with van der Waals surface area (Å²) >= 11 is 0. The normalized spacial score (nSPS) is 28.1. The van der Waals surface area contributed by atoms with E-state index < -0.39 is 8.07 Å². The molecule has 1 fully saturated rings. The molecule has 5 nitrogen and oxygen atoms in total. The summed E-state index contributed by atoms with van der Waals surface area (Å²) in [6.45, 7) is 1.81. The van der Waals surface area contributed by atoms with E-state index >= 15 is 0 Å². The largest absolute Gasteiger partial charge is 0.456 e. The average molecular weight is 283 g/mol. The van der Waals surface area contributed by atoms with Gasteiger partial charge in [0.15, 0.2) is 6.03 Å². The number of nitrogens with two attached hydrogens (primary N) is 1. The summed E-state index contributed by atoms with van der Waals surface area (Å²) in [4.78, 5) is 11.9. The molecular formula is C13H18NO4P. The summed E-state index contributed by atoms with van der Waals surface area (Å²) in [6, 6.07) is 8.53. The van der Waals surface area contributed by atoms with Crippen LogP contribution in [0.3, 0.4) is 0 Å². The van der Waals surface area contributed by atoms with Crippen molar-refractivity contribution < 1.29 is 19.0 Å². The van der Waals surface area contributed by atoms with Crippen LogP contribution >= 0.6 is 8.07 Å². The first-order valence-corrected chi connectivity index (χ1v) is 7.74. The first kappa shape index (κ1) is 14.4. The third-order valence-corrected chi connectivity index (χ3v) is 4.64. The van der Waals surface area contributed by atoms with Crippen LogP contribution in [0.4, 0.5) is 0 Å². The minimum absolute atomic E-state index is 0.200. The Morgan fingerprint density at radius 1 is 1.47 bits per heavy atom. The quantitative estimate of drug-likeness (QED) is 0.675. The Labute approximate surface area is 113 Å². The second kappa shape index (κ2) is 6.44. The van der Waals surface area contributed by atoms with Gasteiger partial charge < -0.3 is 19.7 Å². The number of esters is 1. The Bertz CT molecular complexity index is 428. The second-order valence-corrected chi connectivity index (χ2v) is 6.21. The highest BCUT2D eigenvalue weighted by Gasteiger charge is 2.37. The lowest BCUT2D eigenvalue weighted by Crippen LogP contribution is -2.31. The molecular weight excluding hydrogens is 265 g/mol. The Hall–Kier alpha value is -1.000. The number of carbonyl (C=O) groups excluding carboxylic acids is 1. The van der Waals surface area contributed by atoms with Crippen molar-refractivity contribution in [1.29, 1.82) is 0 Å². The van der Waals surface area contributed by atoms with Crippen LogP contribution in [-0.2, 0) is 14.2 Å². The predicted molar refractivity (Wildman–Crippen MR) is 73.0 cm³/mol. The number of benzene rings is 1. The van der Waals surface area contributed by atoms with Crippen LogP contribution in [0.1, 0.15) is 17.3 Å². The number of hydrogen-bond acceptors (Lipinski definition) is 5. The van der Waals surface area contributed by atoms with Gasteiger partial charge in [0.2, 0.25) is 0 Å². The summed E-state index contributed by atoms with van der Waals surface area (Å²) in [7, 11) is 0.750. The lowest BCUT2D eigenvalue weighted by Gasteiger charge is -2.19. The zero-order valence-electron chi connectivity index (χ0n) is 11.0. The third-order valence-electron chi connectivity index (χ3n) is 2.98. The van der Waals surface area contributed by atoms with Gasteiger partial charge in [-0.1, -0.05) is 18.2 Å². The van der Waals surface area contributed by atoms with Crippen molar-refractivity contribution in [2.24, 2.45) is 5.50 Å². The highest BCUT2D eigenvalue weighted by molar-refractivity contribution is 7.55. The Morgan fingerprint density at radius 2 is 2.16 bits per heavy atom. The van der Waals surface area contributed by atoms with Gasteiger partial charge in [-0.15, -0.1) is 0 Å². The molecule has 1 heterocycles. The fourth-order valence-corrected chi connectivity index (χ4v) is 3.46. The SMILES string of the molecule is COC1O[C@H](C(C)OC(=O)c2ccccc2)C[P@@]1N. The van der Waals surface area contributed by atoms with Crippen LogP contribution in [0, 0.1) is 0 Å². The van der Waals surface area contributed by atoms with E-state index in [1.165, 1.54) is 0 Å². The average Bonchev–Trinajstić information content (AvgIpc) is 2.81. The lowest BCUT2D eigenvalue weighted by molar-refractivity contribution is -0.113. The van der Waals surface area contributed by atoms with Crippen LogP contribution in [0.15, 0.2) is 30.3 Å². The summed E-state index contributed by atoms with van der Waals surface area (Å²) in [5, 5.41) is 0. The van der Waals surface area contributed by atoms with Gasteiger partial charge in [-0.25, -0.2) is 4.79 Å². The Kier molecular flexibility index (Phi) is 4.88. The van der Waals surface area contributed by atoms with Crippen LogP contribution in [0.25, 0.3) is 0 Å². The number of hydrogen-bond donors (Lipinski definition) is 1. The molecule has 2 rings (SSSR count). The molecule has 1 aliphatic heterocycles. The number of methoxy groups -OCH3 is 1. The summed E-state index contributed by atoms with van der Waals surface area (Å²) in [5.41, 5.74) is 6.47. The van der Waals surface area contributed by atoms with E-state index in [0.29, 0.717) is 11.7 Å². The van der Waals surface area contributed by atoms with E-state index in [-0.39, 0.29) is 24.2 Å². The van der Waals surface area contributed by atoms with Gasteiger partial charge in [0.1, 0.15) is 12.2 Å². The standard InChI is InChI=1S/C13H18NO4P/c1-9(11-8-19(14)13(16-2)18-11)17-12(15)10-6-4-3-5-7-10/h3-7,9,11,13H,8,14H2,1-2H3/t9?,11-,13?,19+/m0/s1. The van der Waals surface area contributed by atoms with E-state index in [2.05, 4.69) is 0 Å². The van der Waals surface area contributed by atoms with Crippen molar-refractivity contribution in [2.75, 3.05) is 13.3 Å². The zero-order valence-corrected chi connectivity index (χ0v) is 11.9. The monoisotopic (exact) mass is 283 g/mol. The molecule has 0 aliphatic carbocycles. The van der Waals surface area contributed by atoms with Gasteiger partial charge in [0.25, 0.3) is 0 Å². The van der Waals surface area contributed by atoms with E-state index in [1.807, 2.05) is 13.0 Å². The van der Waals surface area contributed by atoms with Crippen LogP contribution < -0.4 is 5.50 Å². The van der Waals surface area contributed by atoms with E-state index in [4.69, 9.17) is 19.7 Å². The minimum Gasteiger partial charge on any atom is -0.456 e. The van der Waals surface area contributed by atoms with Gasteiger partial charge in [-0.2, -0.15) is 0 Å². The van der Waals surface area contributed by atoms with Crippen molar-refractivity contribution in [3.8, 4) is 0 Å². The molecule has 0 spiro atoms. The molecule has 0 bridgehead atoms. The molecule has 0 radical (unpaired) electrons. The first-order valence-electron chi connectivity index (χ1n) is 6.07. The molecule has 1 saturated heterocycles. The topological polar surface area (TPSA) is 70.8 Å². The predicted octanol–water partition coefficient (Wildman–Crippen LogP) is 1.92. The number of rotatable bonds is 4. The van der Waals surface area contributed by atoms with E-state index in [1.54, 1.807) is 31.4 Å². The molecule has 0 amide bonds. The third kappa shape index (κ3) is 3.51. The Morgan fingerprint density at radius 3 is 2.74 bits per heavy atom. The zero-order chi connectivity index (χ0) is 13.8. The van der Waals surface area contributed by atoms with Gasteiger partial charge in [-0.05, 0) is 19.1 Å². The van der Waals surface area contributed by atoms with Gasteiger partial charge in [0.05, 0.1) is 5.56 Å². The minimum atomic E-state index is -0.815. The van der Waals surface area contributed by atoms with Crippen molar-refractivity contribution in [3.63, 3.8) is 0 Å². The van der Waals surface area contributed by atoms with E-state index in [0.717, 1.165) is 0 Å². The molecule has 6 heteroatoms. The summed E-state index contributed by atoms with van der Waals surface area (Å²) in [6.07, 6.45) is 0.131. The summed E-state index contributed by atoms with van der Waals surface area (Å²) in [5.74, 6) is -0.348. The number of ether oxygens (including phenoxy) is 3. The maximum atomic E-state index is 11.9. The molecule has 1 aliphatic rings. The van der Waals surface area contributed by atoms with E-state index in [9.17, 15) is 4.79 Å². The first-order chi connectivity index (χ1) is 9.11.